The van der Waals surface area contributed by atoms with E-state index in [-0.39, 0.29) is 5.91 Å². The lowest BCUT2D eigenvalue weighted by Gasteiger charge is -2.18. The van der Waals surface area contributed by atoms with Gasteiger partial charge in [-0.15, -0.1) is 11.6 Å². The molecule has 0 aliphatic rings. The van der Waals surface area contributed by atoms with Gasteiger partial charge in [0.1, 0.15) is 16.9 Å². The zero-order valence-corrected chi connectivity index (χ0v) is 13.0. The van der Waals surface area contributed by atoms with E-state index >= 15 is 0 Å². The van der Waals surface area contributed by atoms with E-state index < -0.39 is 5.38 Å². The van der Waals surface area contributed by atoms with Crippen LogP contribution in [0.5, 0.6) is 11.5 Å². The zero-order chi connectivity index (χ0) is 15.0. The Labute approximate surface area is 125 Å². The lowest BCUT2D eigenvalue weighted by Crippen LogP contribution is -2.33. The van der Waals surface area contributed by atoms with Gasteiger partial charge in [-0.05, 0) is 44.5 Å². The van der Waals surface area contributed by atoms with Crippen molar-refractivity contribution >= 4 is 17.5 Å². The van der Waals surface area contributed by atoms with Crippen LogP contribution in [0.2, 0.25) is 0 Å². The van der Waals surface area contributed by atoms with Crippen LogP contribution in [-0.2, 0) is 4.79 Å². The summed E-state index contributed by atoms with van der Waals surface area (Å²) in [6.45, 7) is 5.47. The highest BCUT2D eigenvalue weighted by atomic mass is 35.5. The molecule has 1 unspecified atom stereocenters. The van der Waals surface area contributed by atoms with Gasteiger partial charge in [0.2, 0.25) is 5.91 Å². The van der Waals surface area contributed by atoms with Crippen LogP contribution in [0.15, 0.2) is 24.3 Å². The third kappa shape index (κ3) is 5.70. The van der Waals surface area contributed by atoms with Gasteiger partial charge in [0.15, 0.2) is 0 Å². The van der Waals surface area contributed by atoms with Crippen molar-refractivity contribution in [1.29, 1.82) is 0 Å². The second-order valence-corrected chi connectivity index (χ2v) is 5.14. The molecule has 0 radical (unpaired) electrons. The highest BCUT2D eigenvalue weighted by Gasteiger charge is 2.13. The fourth-order valence-corrected chi connectivity index (χ4v) is 1.87. The van der Waals surface area contributed by atoms with Crippen molar-refractivity contribution in [2.75, 3.05) is 26.8 Å². The van der Waals surface area contributed by atoms with Gasteiger partial charge in [-0.3, -0.25) is 4.79 Å². The number of rotatable bonds is 8. The fourth-order valence-electron chi connectivity index (χ4n) is 1.70. The monoisotopic (exact) mass is 299 g/mol. The van der Waals surface area contributed by atoms with Gasteiger partial charge in [0.05, 0.1) is 13.2 Å². The summed E-state index contributed by atoms with van der Waals surface area (Å²) in [5.41, 5.74) is 0. The van der Waals surface area contributed by atoms with E-state index in [0.29, 0.717) is 19.8 Å². The fraction of sp³-hybridized carbons (Fsp3) is 0.533. The molecule has 0 spiro atoms. The number of carbonyl (C=O) groups excluding carboxylic acids is 1. The predicted octanol–water partition coefficient (Wildman–Crippen LogP) is 2.94. The molecule has 1 aromatic carbocycles. The summed E-state index contributed by atoms with van der Waals surface area (Å²) in [6, 6.07) is 7.51. The maximum Gasteiger partial charge on any atom is 0.240 e. The van der Waals surface area contributed by atoms with Crippen molar-refractivity contribution in [3.05, 3.63) is 24.3 Å². The van der Waals surface area contributed by atoms with Gasteiger partial charge in [0.25, 0.3) is 0 Å². The molecule has 5 heteroatoms. The Hall–Kier alpha value is -1.42. The Morgan fingerprint density at radius 2 is 1.80 bits per heavy atom. The number of amides is 1. The van der Waals surface area contributed by atoms with Gasteiger partial charge >= 0.3 is 0 Å². The van der Waals surface area contributed by atoms with Gasteiger partial charge < -0.3 is 14.4 Å². The number of benzene rings is 1. The Morgan fingerprint density at radius 3 is 2.30 bits per heavy atom. The van der Waals surface area contributed by atoms with Crippen LogP contribution in [0.25, 0.3) is 0 Å². The molecular weight excluding hydrogens is 278 g/mol. The first-order valence-electron chi connectivity index (χ1n) is 6.79. The van der Waals surface area contributed by atoms with Crippen LogP contribution >= 0.6 is 11.6 Å². The minimum absolute atomic E-state index is 0.0623. The highest BCUT2D eigenvalue weighted by Crippen LogP contribution is 2.17. The first-order chi connectivity index (χ1) is 9.54. The third-order valence-electron chi connectivity index (χ3n) is 2.76. The van der Waals surface area contributed by atoms with Crippen LogP contribution in [0.4, 0.5) is 0 Å². The Morgan fingerprint density at radius 1 is 1.25 bits per heavy atom. The molecule has 4 nitrogen and oxygen atoms in total. The summed E-state index contributed by atoms with van der Waals surface area (Å²) in [5.74, 6) is 1.57. The average Bonchev–Trinajstić information content (AvgIpc) is 2.44. The third-order valence-corrected chi connectivity index (χ3v) is 2.94. The number of ether oxygens (including phenoxy) is 2. The van der Waals surface area contributed by atoms with Gasteiger partial charge in [-0.1, -0.05) is 0 Å². The van der Waals surface area contributed by atoms with E-state index in [1.807, 2.05) is 31.2 Å². The Balaban J connectivity index is 2.25. The summed E-state index contributed by atoms with van der Waals surface area (Å²) >= 11 is 5.74. The maximum atomic E-state index is 11.5. The first-order valence-corrected chi connectivity index (χ1v) is 7.23. The van der Waals surface area contributed by atoms with Crippen molar-refractivity contribution in [2.45, 2.75) is 25.6 Å². The highest BCUT2D eigenvalue weighted by molar-refractivity contribution is 6.30. The molecule has 0 aliphatic carbocycles. The number of nitrogens with zero attached hydrogens (tertiary/aromatic N) is 1. The van der Waals surface area contributed by atoms with Crippen molar-refractivity contribution in [1.82, 2.24) is 4.90 Å². The number of hydrogen-bond donors (Lipinski definition) is 0. The molecule has 0 heterocycles. The van der Waals surface area contributed by atoms with E-state index in [2.05, 4.69) is 0 Å². The summed E-state index contributed by atoms with van der Waals surface area (Å²) < 4.78 is 11.0. The Kier molecular flexibility index (Phi) is 7.23. The van der Waals surface area contributed by atoms with Gasteiger partial charge in [0, 0.05) is 13.6 Å². The molecule has 0 fully saturated rings. The van der Waals surface area contributed by atoms with Crippen molar-refractivity contribution in [2.24, 2.45) is 0 Å². The molecule has 0 aromatic heterocycles. The van der Waals surface area contributed by atoms with Crippen molar-refractivity contribution < 1.29 is 14.3 Å². The van der Waals surface area contributed by atoms with Crippen molar-refractivity contribution in [3.63, 3.8) is 0 Å². The minimum Gasteiger partial charge on any atom is -0.494 e. The topological polar surface area (TPSA) is 38.8 Å². The molecule has 1 aromatic rings. The van der Waals surface area contributed by atoms with Crippen molar-refractivity contribution in [3.8, 4) is 11.5 Å². The summed E-state index contributed by atoms with van der Waals surface area (Å²) in [5, 5.41) is -0.480. The smallest absolute Gasteiger partial charge is 0.240 e. The molecular formula is C15H22ClNO3. The summed E-state index contributed by atoms with van der Waals surface area (Å²) in [4.78, 5) is 13.2. The molecule has 20 heavy (non-hydrogen) atoms. The maximum absolute atomic E-state index is 11.5. The second-order valence-electron chi connectivity index (χ2n) is 4.48. The number of halogens is 1. The molecule has 0 saturated carbocycles. The predicted molar refractivity (Wildman–Crippen MR) is 80.7 cm³/mol. The van der Waals surface area contributed by atoms with Gasteiger partial charge in [-0.2, -0.15) is 0 Å². The quantitative estimate of drug-likeness (QED) is 0.547. The lowest BCUT2D eigenvalue weighted by molar-refractivity contribution is -0.129. The number of carbonyl (C=O) groups is 1. The van der Waals surface area contributed by atoms with E-state index in [9.17, 15) is 4.79 Å². The molecule has 0 N–H and O–H groups in total. The van der Waals surface area contributed by atoms with E-state index in [1.165, 1.54) is 0 Å². The second kappa shape index (κ2) is 8.69. The lowest BCUT2D eigenvalue weighted by atomic mass is 10.3. The first kappa shape index (κ1) is 16.6. The SMILES string of the molecule is CCOc1ccc(OCCCN(C)C(=O)C(C)Cl)cc1. The zero-order valence-electron chi connectivity index (χ0n) is 12.3. The van der Waals surface area contributed by atoms with Crippen LogP contribution in [0, 0.1) is 0 Å². The van der Waals surface area contributed by atoms with E-state index in [4.69, 9.17) is 21.1 Å². The molecule has 0 saturated heterocycles. The van der Waals surface area contributed by atoms with E-state index in [0.717, 1.165) is 17.9 Å². The summed E-state index contributed by atoms with van der Waals surface area (Å²) in [7, 11) is 1.75. The van der Waals surface area contributed by atoms with Crippen LogP contribution < -0.4 is 9.47 Å². The molecule has 0 aliphatic heterocycles. The summed E-state index contributed by atoms with van der Waals surface area (Å²) in [6.07, 6.45) is 0.763. The Bertz CT molecular complexity index is 406. The van der Waals surface area contributed by atoms with Crippen LogP contribution in [-0.4, -0.2) is 43.0 Å². The standard InChI is InChI=1S/C15H22ClNO3/c1-4-19-13-6-8-14(9-7-13)20-11-5-10-17(3)15(18)12(2)16/h6-9,12H,4-5,10-11H2,1-3H3. The largest absolute Gasteiger partial charge is 0.494 e. The average molecular weight is 300 g/mol. The van der Waals surface area contributed by atoms with Crippen LogP contribution in [0.1, 0.15) is 20.3 Å². The molecule has 112 valence electrons. The number of alkyl halides is 1. The molecule has 1 atom stereocenters. The van der Waals surface area contributed by atoms with Crippen LogP contribution in [0.3, 0.4) is 0 Å². The molecule has 1 rings (SSSR count). The normalized spacial score (nSPS) is 11.8. The van der Waals surface area contributed by atoms with Gasteiger partial charge in [-0.25, -0.2) is 0 Å². The molecule has 1 amide bonds. The van der Waals surface area contributed by atoms with E-state index in [1.54, 1.807) is 18.9 Å². The number of hydrogen-bond acceptors (Lipinski definition) is 3. The molecule has 0 bridgehead atoms. The minimum atomic E-state index is -0.480.